The molecule has 2 aromatic rings. The highest BCUT2D eigenvalue weighted by Gasteiger charge is 2.29. The SMILES string of the molecule is NC(=O)c1c[nH]c(C(=O)N2CCSCC2c2ccc(Cl)cc2)c1. The molecule has 23 heavy (non-hydrogen) atoms. The molecule has 120 valence electrons. The highest BCUT2D eigenvalue weighted by molar-refractivity contribution is 7.99. The van der Waals surface area contributed by atoms with Gasteiger partial charge < -0.3 is 15.6 Å². The molecule has 1 aromatic heterocycles. The second-order valence-corrected chi connectivity index (χ2v) is 6.89. The van der Waals surface area contributed by atoms with Gasteiger partial charge in [0.05, 0.1) is 11.6 Å². The number of primary amides is 1. The Balaban J connectivity index is 1.86. The van der Waals surface area contributed by atoms with Crippen LogP contribution in [0, 0.1) is 0 Å². The monoisotopic (exact) mass is 349 g/mol. The molecule has 5 nitrogen and oxygen atoms in total. The zero-order valence-corrected chi connectivity index (χ0v) is 13.9. The average molecular weight is 350 g/mol. The van der Waals surface area contributed by atoms with E-state index >= 15 is 0 Å². The number of aromatic amines is 1. The van der Waals surface area contributed by atoms with E-state index in [4.69, 9.17) is 17.3 Å². The van der Waals surface area contributed by atoms with Crippen LogP contribution in [0.4, 0.5) is 0 Å². The summed E-state index contributed by atoms with van der Waals surface area (Å²) in [7, 11) is 0. The van der Waals surface area contributed by atoms with Crippen LogP contribution in [-0.2, 0) is 0 Å². The molecule has 0 spiro atoms. The quantitative estimate of drug-likeness (QED) is 0.894. The molecule has 7 heteroatoms. The third kappa shape index (κ3) is 3.38. The predicted molar refractivity (Wildman–Crippen MR) is 91.9 cm³/mol. The lowest BCUT2D eigenvalue weighted by Gasteiger charge is -2.35. The lowest BCUT2D eigenvalue weighted by molar-refractivity contribution is 0.0696. The molecule has 0 saturated carbocycles. The summed E-state index contributed by atoms with van der Waals surface area (Å²) in [6.45, 7) is 0.654. The van der Waals surface area contributed by atoms with Crippen LogP contribution in [0.25, 0.3) is 0 Å². The number of rotatable bonds is 3. The minimum atomic E-state index is -0.552. The minimum Gasteiger partial charge on any atom is -0.366 e. The van der Waals surface area contributed by atoms with E-state index in [2.05, 4.69) is 4.98 Å². The zero-order chi connectivity index (χ0) is 16.4. The number of hydrogen-bond acceptors (Lipinski definition) is 3. The molecule has 1 saturated heterocycles. The van der Waals surface area contributed by atoms with E-state index in [1.54, 1.807) is 0 Å². The fraction of sp³-hybridized carbons (Fsp3) is 0.250. The Bertz CT molecular complexity index is 729. The third-order valence-corrected chi connectivity index (χ3v) is 5.12. The van der Waals surface area contributed by atoms with Gasteiger partial charge in [-0.15, -0.1) is 0 Å². The smallest absolute Gasteiger partial charge is 0.270 e. The normalized spacial score (nSPS) is 18.0. The van der Waals surface area contributed by atoms with Crippen molar-refractivity contribution in [3.8, 4) is 0 Å². The Morgan fingerprint density at radius 2 is 2.04 bits per heavy atom. The zero-order valence-electron chi connectivity index (χ0n) is 12.3. The number of H-pyrrole nitrogens is 1. The molecule has 1 aliphatic rings. The molecule has 1 aliphatic heterocycles. The molecule has 2 amide bonds. The van der Waals surface area contributed by atoms with Crippen LogP contribution in [0.3, 0.4) is 0 Å². The molecule has 1 aromatic carbocycles. The Kier molecular flexibility index (Phi) is 4.63. The van der Waals surface area contributed by atoms with Crippen LogP contribution in [0.1, 0.15) is 32.5 Å². The van der Waals surface area contributed by atoms with Crippen molar-refractivity contribution >= 4 is 35.2 Å². The summed E-state index contributed by atoms with van der Waals surface area (Å²) >= 11 is 7.76. The summed E-state index contributed by atoms with van der Waals surface area (Å²) in [6.07, 6.45) is 1.46. The molecule has 3 rings (SSSR count). The number of nitrogens with one attached hydrogen (secondary N) is 1. The minimum absolute atomic E-state index is 0.0150. The number of carbonyl (C=O) groups excluding carboxylic acids is 2. The van der Waals surface area contributed by atoms with E-state index in [9.17, 15) is 9.59 Å². The molecule has 2 heterocycles. The summed E-state index contributed by atoms with van der Waals surface area (Å²) in [6, 6.07) is 9.05. The van der Waals surface area contributed by atoms with Crippen LogP contribution in [0.5, 0.6) is 0 Å². The van der Waals surface area contributed by atoms with Gasteiger partial charge in [-0.25, -0.2) is 0 Å². The van der Waals surface area contributed by atoms with Gasteiger partial charge >= 0.3 is 0 Å². The molecule has 3 N–H and O–H groups in total. The number of amides is 2. The van der Waals surface area contributed by atoms with Crippen molar-refractivity contribution < 1.29 is 9.59 Å². The molecule has 1 atom stereocenters. The predicted octanol–water partition coefficient (Wildman–Crippen LogP) is 2.70. The van der Waals surface area contributed by atoms with Gasteiger partial charge in [-0.2, -0.15) is 11.8 Å². The molecular formula is C16H16ClN3O2S. The maximum Gasteiger partial charge on any atom is 0.270 e. The molecular weight excluding hydrogens is 334 g/mol. The van der Waals surface area contributed by atoms with Gasteiger partial charge in [-0.1, -0.05) is 23.7 Å². The Morgan fingerprint density at radius 3 is 2.70 bits per heavy atom. The van der Waals surface area contributed by atoms with E-state index in [0.29, 0.717) is 22.8 Å². The van der Waals surface area contributed by atoms with Gasteiger partial charge in [0.2, 0.25) is 5.91 Å². The number of thioether (sulfide) groups is 1. The van der Waals surface area contributed by atoms with Crippen LogP contribution >= 0.6 is 23.4 Å². The van der Waals surface area contributed by atoms with Gasteiger partial charge in [0.1, 0.15) is 5.69 Å². The second-order valence-electron chi connectivity index (χ2n) is 5.31. The van der Waals surface area contributed by atoms with Crippen molar-refractivity contribution in [1.82, 2.24) is 9.88 Å². The van der Waals surface area contributed by atoms with Crippen molar-refractivity contribution in [2.24, 2.45) is 5.73 Å². The van der Waals surface area contributed by atoms with Crippen molar-refractivity contribution in [2.75, 3.05) is 18.1 Å². The Hall–Kier alpha value is -1.92. The first-order valence-corrected chi connectivity index (χ1v) is 8.72. The number of benzene rings is 1. The summed E-state index contributed by atoms with van der Waals surface area (Å²) in [4.78, 5) is 28.7. The molecule has 0 bridgehead atoms. The van der Waals surface area contributed by atoms with E-state index in [0.717, 1.165) is 17.1 Å². The fourth-order valence-electron chi connectivity index (χ4n) is 2.62. The van der Waals surface area contributed by atoms with Gasteiger partial charge in [-0.3, -0.25) is 9.59 Å². The van der Waals surface area contributed by atoms with Crippen LogP contribution in [0.2, 0.25) is 5.02 Å². The largest absolute Gasteiger partial charge is 0.366 e. The van der Waals surface area contributed by atoms with Crippen LogP contribution in [-0.4, -0.2) is 39.7 Å². The summed E-state index contributed by atoms with van der Waals surface area (Å²) in [5.74, 6) is 1.04. The summed E-state index contributed by atoms with van der Waals surface area (Å²) < 4.78 is 0. The first kappa shape index (κ1) is 16.0. The Labute approximate surface area is 143 Å². The number of nitrogens with zero attached hydrogens (tertiary/aromatic N) is 1. The molecule has 1 unspecified atom stereocenters. The summed E-state index contributed by atoms with van der Waals surface area (Å²) in [5.41, 5.74) is 6.98. The molecule has 0 aliphatic carbocycles. The lowest BCUT2D eigenvalue weighted by Crippen LogP contribution is -2.40. The number of nitrogens with two attached hydrogens (primary N) is 1. The van der Waals surface area contributed by atoms with E-state index in [-0.39, 0.29) is 11.9 Å². The van der Waals surface area contributed by atoms with Crippen LogP contribution in [0.15, 0.2) is 36.5 Å². The van der Waals surface area contributed by atoms with Crippen molar-refractivity contribution in [3.05, 3.63) is 58.4 Å². The maximum atomic E-state index is 12.8. The number of carbonyl (C=O) groups is 2. The van der Waals surface area contributed by atoms with Crippen molar-refractivity contribution in [3.63, 3.8) is 0 Å². The van der Waals surface area contributed by atoms with E-state index in [1.165, 1.54) is 12.3 Å². The van der Waals surface area contributed by atoms with E-state index in [1.807, 2.05) is 40.9 Å². The topological polar surface area (TPSA) is 79.2 Å². The molecule has 1 fully saturated rings. The highest BCUT2D eigenvalue weighted by atomic mass is 35.5. The van der Waals surface area contributed by atoms with Gasteiger partial charge in [0, 0.05) is 29.3 Å². The average Bonchev–Trinajstić information content (AvgIpc) is 3.05. The number of aromatic nitrogens is 1. The Morgan fingerprint density at radius 1 is 1.30 bits per heavy atom. The standard InChI is InChI=1S/C16H16ClN3O2S/c17-12-3-1-10(2-4-12)14-9-23-6-5-20(14)16(22)13-7-11(8-19-13)15(18)21/h1-4,7-8,14,19H,5-6,9H2,(H2,18,21). The van der Waals surface area contributed by atoms with Crippen molar-refractivity contribution in [2.45, 2.75) is 6.04 Å². The lowest BCUT2D eigenvalue weighted by atomic mass is 10.1. The van der Waals surface area contributed by atoms with Gasteiger partial charge in [0.15, 0.2) is 0 Å². The summed E-state index contributed by atoms with van der Waals surface area (Å²) in [5, 5.41) is 0.672. The highest BCUT2D eigenvalue weighted by Crippen LogP contribution is 2.31. The molecule has 0 radical (unpaired) electrons. The van der Waals surface area contributed by atoms with Gasteiger partial charge in [-0.05, 0) is 23.8 Å². The fourth-order valence-corrected chi connectivity index (χ4v) is 3.84. The third-order valence-electron chi connectivity index (χ3n) is 3.84. The first-order chi connectivity index (χ1) is 11.1. The van der Waals surface area contributed by atoms with Crippen molar-refractivity contribution in [1.29, 1.82) is 0 Å². The number of halogens is 1. The second kappa shape index (κ2) is 6.68. The van der Waals surface area contributed by atoms with E-state index < -0.39 is 5.91 Å². The van der Waals surface area contributed by atoms with Crippen LogP contribution < -0.4 is 5.73 Å². The number of hydrogen-bond donors (Lipinski definition) is 2. The first-order valence-electron chi connectivity index (χ1n) is 7.18. The van der Waals surface area contributed by atoms with Gasteiger partial charge in [0.25, 0.3) is 5.91 Å². The maximum absolute atomic E-state index is 12.8.